The van der Waals surface area contributed by atoms with E-state index in [1.165, 1.54) is 29.7 Å². The zero-order valence-electron chi connectivity index (χ0n) is 9.45. The maximum Gasteiger partial charge on any atom is 0.150 e. The lowest BCUT2D eigenvalue weighted by Crippen LogP contribution is -1.87. The monoisotopic (exact) mass is 222 g/mol. The van der Waals surface area contributed by atoms with Crippen molar-refractivity contribution in [2.75, 3.05) is 5.75 Å². The average Bonchev–Trinajstić information content (AvgIpc) is 2.26. The summed E-state index contributed by atoms with van der Waals surface area (Å²) in [4.78, 5) is 11.9. The summed E-state index contributed by atoms with van der Waals surface area (Å²) in [6.07, 6.45) is 4.72. The van der Waals surface area contributed by atoms with Crippen LogP contribution in [0.2, 0.25) is 0 Å². The number of hydrogen-bond donors (Lipinski definition) is 0. The summed E-state index contributed by atoms with van der Waals surface area (Å²) in [6, 6.07) is 5.88. The quantitative estimate of drug-likeness (QED) is 0.409. The average molecular weight is 222 g/mol. The van der Waals surface area contributed by atoms with Crippen molar-refractivity contribution in [1.29, 1.82) is 0 Å². The van der Waals surface area contributed by atoms with Gasteiger partial charge in [0.25, 0.3) is 0 Å². The molecule has 0 saturated heterocycles. The number of carbonyl (C=O) groups is 1. The standard InChI is InChI=1S/C13H18OS/c1-3-4-5-8-15-13-9-12(10-14)7-6-11(13)2/h6-7,9-10H,3-5,8H2,1-2H3. The van der Waals surface area contributed by atoms with Gasteiger partial charge in [-0.1, -0.05) is 31.9 Å². The number of aryl methyl sites for hydroxylation is 1. The van der Waals surface area contributed by atoms with E-state index in [0.717, 1.165) is 17.6 Å². The number of benzene rings is 1. The van der Waals surface area contributed by atoms with Crippen LogP contribution >= 0.6 is 11.8 Å². The fourth-order valence-electron chi connectivity index (χ4n) is 1.38. The Morgan fingerprint density at radius 3 is 2.80 bits per heavy atom. The highest BCUT2D eigenvalue weighted by molar-refractivity contribution is 7.99. The summed E-state index contributed by atoms with van der Waals surface area (Å²) < 4.78 is 0. The Morgan fingerprint density at radius 1 is 1.33 bits per heavy atom. The van der Waals surface area contributed by atoms with E-state index in [-0.39, 0.29) is 0 Å². The lowest BCUT2D eigenvalue weighted by atomic mass is 10.2. The highest BCUT2D eigenvalue weighted by Crippen LogP contribution is 2.24. The molecule has 1 nitrogen and oxygen atoms in total. The van der Waals surface area contributed by atoms with Crippen LogP contribution in [0.1, 0.15) is 42.1 Å². The Hall–Kier alpha value is -0.760. The van der Waals surface area contributed by atoms with Crippen molar-refractivity contribution in [3.8, 4) is 0 Å². The first-order chi connectivity index (χ1) is 7.27. The molecule has 0 aliphatic heterocycles. The number of carbonyl (C=O) groups excluding carboxylic acids is 1. The second kappa shape index (κ2) is 6.67. The van der Waals surface area contributed by atoms with Crippen molar-refractivity contribution in [1.82, 2.24) is 0 Å². The second-order valence-corrected chi connectivity index (χ2v) is 4.84. The normalized spacial score (nSPS) is 10.3. The predicted octanol–water partition coefficient (Wildman–Crippen LogP) is 4.09. The first-order valence-corrected chi connectivity index (χ1v) is 6.45. The molecule has 1 aromatic carbocycles. The van der Waals surface area contributed by atoms with Gasteiger partial charge in [-0.05, 0) is 30.7 Å². The third-order valence-electron chi connectivity index (χ3n) is 2.35. The molecule has 0 aliphatic carbocycles. The van der Waals surface area contributed by atoms with Crippen LogP contribution in [-0.4, -0.2) is 12.0 Å². The Bertz CT molecular complexity index is 320. The van der Waals surface area contributed by atoms with Crippen LogP contribution < -0.4 is 0 Å². The van der Waals surface area contributed by atoms with Crippen LogP contribution in [-0.2, 0) is 0 Å². The molecule has 82 valence electrons. The summed E-state index contributed by atoms with van der Waals surface area (Å²) in [6.45, 7) is 4.31. The van der Waals surface area contributed by atoms with Gasteiger partial charge in [-0.3, -0.25) is 4.79 Å². The minimum absolute atomic E-state index is 0.776. The number of aldehydes is 1. The summed E-state index contributed by atoms with van der Waals surface area (Å²) >= 11 is 1.86. The number of hydrogen-bond acceptors (Lipinski definition) is 2. The Kier molecular flexibility index (Phi) is 5.48. The van der Waals surface area contributed by atoms with E-state index in [1.807, 2.05) is 30.0 Å². The van der Waals surface area contributed by atoms with E-state index in [9.17, 15) is 4.79 Å². The molecule has 15 heavy (non-hydrogen) atoms. The molecule has 0 N–H and O–H groups in total. The van der Waals surface area contributed by atoms with Crippen LogP contribution in [0.4, 0.5) is 0 Å². The fraction of sp³-hybridized carbons (Fsp3) is 0.462. The van der Waals surface area contributed by atoms with Crippen molar-refractivity contribution in [2.45, 2.75) is 38.0 Å². The zero-order valence-corrected chi connectivity index (χ0v) is 10.3. The molecule has 0 heterocycles. The molecule has 0 amide bonds. The van der Waals surface area contributed by atoms with Crippen molar-refractivity contribution in [3.63, 3.8) is 0 Å². The molecule has 0 aromatic heterocycles. The molecule has 0 radical (unpaired) electrons. The van der Waals surface area contributed by atoms with Gasteiger partial charge in [0.15, 0.2) is 0 Å². The van der Waals surface area contributed by atoms with Gasteiger partial charge < -0.3 is 0 Å². The second-order valence-electron chi connectivity index (χ2n) is 3.70. The van der Waals surface area contributed by atoms with E-state index < -0.39 is 0 Å². The lowest BCUT2D eigenvalue weighted by molar-refractivity contribution is 0.112. The van der Waals surface area contributed by atoms with Gasteiger partial charge in [0.05, 0.1) is 0 Å². The Labute approximate surface area is 96.3 Å². The molecule has 2 heteroatoms. The number of thioether (sulfide) groups is 1. The van der Waals surface area contributed by atoms with Crippen LogP contribution in [0.3, 0.4) is 0 Å². The van der Waals surface area contributed by atoms with Gasteiger partial charge in [0, 0.05) is 10.5 Å². The van der Waals surface area contributed by atoms with Gasteiger partial charge in [-0.25, -0.2) is 0 Å². The van der Waals surface area contributed by atoms with Gasteiger partial charge in [0.1, 0.15) is 6.29 Å². The van der Waals surface area contributed by atoms with E-state index in [0.29, 0.717) is 0 Å². The molecule has 1 aromatic rings. The molecule has 0 saturated carbocycles. The Morgan fingerprint density at radius 2 is 2.13 bits per heavy atom. The summed E-state index contributed by atoms with van der Waals surface area (Å²) in [5, 5.41) is 0. The van der Waals surface area contributed by atoms with Crippen molar-refractivity contribution in [3.05, 3.63) is 29.3 Å². The molecule has 0 unspecified atom stereocenters. The van der Waals surface area contributed by atoms with E-state index in [1.54, 1.807) is 0 Å². The van der Waals surface area contributed by atoms with Gasteiger partial charge in [-0.2, -0.15) is 0 Å². The lowest BCUT2D eigenvalue weighted by Gasteiger charge is -2.05. The number of unbranched alkanes of at least 4 members (excludes halogenated alkanes) is 2. The molecule has 0 bridgehead atoms. The fourth-order valence-corrected chi connectivity index (χ4v) is 2.46. The first-order valence-electron chi connectivity index (χ1n) is 5.46. The van der Waals surface area contributed by atoms with Crippen molar-refractivity contribution in [2.24, 2.45) is 0 Å². The third kappa shape index (κ3) is 4.08. The van der Waals surface area contributed by atoms with Crippen LogP contribution in [0, 0.1) is 6.92 Å². The zero-order chi connectivity index (χ0) is 11.1. The SMILES string of the molecule is CCCCCSc1cc(C=O)ccc1C. The summed E-state index contributed by atoms with van der Waals surface area (Å²) in [7, 11) is 0. The highest BCUT2D eigenvalue weighted by Gasteiger charge is 2.00. The van der Waals surface area contributed by atoms with Crippen LogP contribution in [0.5, 0.6) is 0 Å². The van der Waals surface area contributed by atoms with Gasteiger partial charge in [-0.15, -0.1) is 11.8 Å². The van der Waals surface area contributed by atoms with E-state index >= 15 is 0 Å². The topological polar surface area (TPSA) is 17.1 Å². The van der Waals surface area contributed by atoms with Crippen molar-refractivity contribution < 1.29 is 4.79 Å². The maximum absolute atomic E-state index is 10.6. The first kappa shape index (κ1) is 12.3. The summed E-state index contributed by atoms with van der Waals surface area (Å²) in [5.74, 6) is 1.15. The Balaban J connectivity index is 2.55. The van der Waals surface area contributed by atoms with Gasteiger partial charge in [0.2, 0.25) is 0 Å². The highest BCUT2D eigenvalue weighted by atomic mass is 32.2. The molecule has 0 atom stereocenters. The smallest absolute Gasteiger partial charge is 0.150 e. The van der Waals surface area contributed by atoms with Crippen LogP contribution in [0.15, 0.2) is 23.1 Å². The third-order valence-corrected chi connectivity index (χ3v) is 3.60. The summed E-state index contributed by atoms with van der Waals surface area (Å²) in [5.41, 5.74) is 2.04. The molecular weight excluding hydrogens is 204 g/mol. The molecule has 0 aliphatic rings. The van der Waals surface area contributed by atoms with Crippen molar-refractivity contribution >= 4 is 18.0 Å². The molecular formula is C13H18OS. The maximum atomic E-state index is 10.6. The molecule has 0 spiro atoms. The van der Waals surface area contributed by atoms with Gasteiger partial charge >= 0.3 is 0 Å². The van der Waals surface area contributed by atoms with Crippen LogP contribution in [0.25, 0.3) is 0 Å². The number of rotatable bonds is 6. The minimum atomic E-state index is 0.776. The minimum Gasteiger partial charge on any atom is -0.298 e. The molecule has 1 rings (SSSR count). The van der Waals surface area contributed by atoms with E-state index in [4.69, 9.17) is 0 Å². The predicted molar refractivity (Wildman–Crippen MR) is 66.8 cm³/mol. The largest absolute Gasteiger partial charge is 0.298 e. The molecule has 0 fully saturated rings. The van der Waals surface area contributed by atoms with E-state index in [2.05, 4.69) is 13.8 Å².